The van der Waals surface area contributed by atoms with Gasteiger partial charge in [0.25, 0.3) is 5.91 Å². The second kappa shape index (κ2) is 11.5. The van der Waals surface area contributed by atoms with Crippen molar-refractivity contribution < 1.29 is 9.53 Å². The zero-order valence-electron chi connectivity index (χ0n) is 13.8. The highest BCUT2D eigenvalue weighted by atomic mass is 35.5. The highest BCUT2D eigenvalue weighted by Crippen LogP contribution is 2.28. The van der Waals surface area contributed by atoms with Gasteiger partial charge in [-0.05, 0) is 32.3 Å². The molecule has 0 aliphatic carbocycles. The van der Waals surface area contributed by atoms with Crippen molar-refractivity contribution in [3.63, 3.8) is 0 Å². The normalized spacial score (nSPS) is 9.96. The molecule has 1 heterocycles. The first kappa shape index (κ1) is 23.9. The Morgan fingerprint density at radius 2 is 2.12 bits per heavy atom. The maximum Gasteiger partial charge on any atom is 0.275 e. The van der Waals surface area contributed by atoms with Crippen LogP contribution in [-0.4, -0.2) is 43.0 Å². The van der Waals surface area contributed by atoms with Gasteiger partial charge in [0.05, 0.1) is 5.02 Å². The number of rotatable bonds is 7. The van der Waals surface area contributed by atoms with Gasteiger partial charge in [-0.25, -0.2) is 4.98 Å². The average molecular weight is 428 g/mol. The van der Waals surface area contributed by atoms with Gasteiger partial charge in [0.15, 0.2) is 0 Å². The molecule has 2 rings (SSSR count). The van der Waals surface area contributed by atoms with E-state index in [9.17, 15) is 4.79 Å². The van der Waals surface area contributed by atoms with Gasteiger partial charge in [-0.15, -0.1) is 36.2 Å². The fourth-order valence-electron chi connectivity index (χ4n) is 1.74. The first-order valence-electron chi connectivity index (χ1n) is 7.02. The number of hydrogen-bond donors (Lipinski definition) is 2. The largest absolute Gasteiger partial charge is 0.491 e. The predicted octanol–water partition coefficient (Wildman–Crippen LogP) is 3.29. The molecule has 1 amide bonds. The SMILES string of the molecule is CN(C)CCOc1ccc(NC(=O)c2csc(CN)n2)cc1Cl.Cl.Cl. The summed E-state index contributed by atoms with van der Waals surface area (Å²) in [5.41, 5.74) is 6.42. The number of nitrogens with one attached hydrogen (secondary N) is 1. The monoisotopic (exact) mass is 426 g/mol. The molecule has 1 aromatic heterocycles. The van der Waals surface area contributed by atoms with Gasteiger partial charge in [0, 0.05) is 24.2 Å². The van der Waals surface area contributed by atoms with Crippen molar-refractivity contribution in [2.24, 2.45) is 5.73 Å². The summed E-state index contributed by atoms with van der Waals surface area (Å²) in [5.74, 6) is 0.295. The maximum atomic E-state index is 12.1. The van der Waals surface area contributed by atoms with E-state index in [1.165, 1.54) is 11.3 Å². The third-order valence-corrected chi connectivity index (χ3v) is 4.11. The number of aromatic nitrogens is 1. The van der Waals surface area contributed by atoms with Crippen LogP contribution in [0.25, 0.3) is 0 Å². The van der Waals surface area contributed by atoms with Crippen molar-refractivity contribution in [1.29, 1.82) is 0 Å². The number of nitrogens with two attached hydrogens (primary N) is 1. The van der Waals surface area contributed by atoms with E-state index >= 15 is 0 Å². The summed E-state index contributed by atoms with van der Waals surface area (Å²) in [6.07, 6.45) is 0. The topological polar surface area (TPSA) is 80.5 Å². The number of halogens is 3. The quantitative estimate of drug-likeness (QED) is 0.708. The number of hydrogen-bond acceptors (Lipinski definition) is 6. The van der Waals surface area contributed by atoms with E-state index in [0.717, 1.165) is 11.6 Å². The van der Waals surface area contributed by atoms with Crippen molar-refractivity contribution in [2.45, 2.75) is 6.54 Å². The number of nitrogens with zero attached hydrogens (tertiary/aromatic N) is 2. The molecular formula is C15H21Cl3N4O2S. The highest BCUT2D eigenvalue weighted by molar-refractivity contribution is 7.09. The van der Waals surface area contributed by atoms with Crippen molar-refractivity contribution in [3.05, 3.63) is 39.3 Å². The second-order valence-electron chi connectivity index (χ2n) is 5.08. The molecule has 0 saturated heterocycles. The van der Waals surface area contributed by atoms with E-state index in [2.05, 4.69) is 10.3 Å². The number of ether oxygens (including phenoxy) is 1. The number of anilines is 1. The summed E-state index contributed by atoms with van der Waals surface area (Å²) in [6, 6.07) is 5.13. The van der Waals surface area contributed by atoms with Gasteiger partial charge in [0.1, 0.15) is 23.1 Å². The molecule has 0 aliphatic rings. The second-order valence-corrected chi connectivity index (χ2v) is 6.43. The molecule has 0 radical (unpaired) electrons. The zero-order valence-corrected chi connectivity index (χ0v) is 17.0. The third kappa shape index (κ3) is 7.35. The molecule has 0 saturated carbocycles. The molecule has 2 aromatic rings. The van der Waals surface area contributed by atoms with Gasteiger partial charge >= 0.3 is 0 Å². The lowest BCUT2D eigenvalue weighted by molar-refractivity contribution is 0.102. The van der Waals surface area contributed by atoms with Crippen LogP contribution in [0.3, 0.4) is 0 Å². The van der Waals surface area contributed by atoms with E-state index in [1.807, 2.05) is 19.0 Å². The van der Waals surface area contributed by atoms with Gasteiger partial charge in [-0.3, -0.25) is 4.79 Å². The van der Waals surface area contributed by atoms with Crippen molar-refractivity contribution in [2.75, 3.05) is 32.6 Å². The fourth-order valence-corrected chi connectivity index (χ4v) is 2.63. The highest BCUT2D eigenvalue weighted by Gasteiger charge is 2.11. The number of benzene rings is 1. The summed E-state index contributed by atoms with van der Waals surface area (Å²) in [5, 5.41) is 5.60. The van der Waals surface area contributed by atoms with Gasteiger partial charge < -0.3 is 20.7 Å². The Labute approximate surface area is 168 Å². The van der Waals surface area contributed by atoms with Crippen LogP contribution in [0.15, 0.2) is 23.6 Å². The molecule has 0 atom stereocenters. The minimum atomic E-state index is -0.293. The van der Waals surface area contributed by atoms with Crippen LogP contribution in [0, 0.1) is 0 Å². The number of carbonyl (C=O) groups is 1. The standard InChI is InChI=1S/C15H19ClN4O2S.2ClH/c1-20(2)5-6-22-13-4-3-10(7-11(13)16)18-15(21)12-9-23-14(8-17)19-12;;/h3-4,7,9H,5-6,8,17H2,1-2H3,(H,18,21);2*1H. The molecule has 1 aromatic carbocycles. The van der Waals surface area contributed by atoms with Crippen LogP contribution in [0.2, 0.25) is 5.02 Å². The van der Waals surface area contributed by atoms with Crippen molar-refractivity contribution >= 4 is 59.3 Å². The lowest BCUT2D eigenvalue weighted by Gasteiger charge is -2.12. The van der Waals surface area contributed by atoms with Gasteiger partial charge in [0.2, 0.25) is 0 Å². The summed E-state index contributed by atoms with van der Waals surface area (Å²) < 4.78 is 5.60. The molecule has 25 heavy (non-hydrogen) atoms. The Hall–Kier alpha value is -1.09. The Bertz CT molecular complexity index is 683. The fraction of sp³-hybridized carbons (Fsp3) is 0.333. The molecule has 0 bridgehead atoms. The van der Waals surface area contributed by atoms with E-state index in [1.54, 1.807) is 23.6 Å². The number of carbonyl (C=O) groups excluding carboxylic acids is 1. The zero-order chi connectivity index (χ0) is 16.8. The van der Waals surface area contributed by atoms with Crippen LogP contribution in [0.1, 0.15) is 15.5 Å². The van der Waals surface area contributed by atoms with E-state index in [0.29, 0.717) is 35.3 Å². The Morgan fingerprint density at radius 1 is 1.40 bits per heavy atom. The number of thiazole rings is 1. The minimum absolute atomic E-state index is 0. The summed E-state index contributed by atoms with van der Waals surface area (Å²) in [4.78, 5) is 18.3. The summed E-state index contributed by atoms with van der Waals surface area (Å²) in [7, 11) is 3.94. The van der Waals surface area contributed by atoms with Crippen LogP contribution in [0.5, 0.6) is 5.75 Å². The van der Waals surface area contributed by atoms with Gasteiger partial charge in [-0.2, -0.15) is 0 Å². The maximum absolute atomic E-state index is 12.1. The lowest BCUT2D eigenvalue weighted by atomic mass is 10.3. The van der Waals surface area contributed by atoms with Crippen molar-refractivity contribution in [1.82, 2.24) is 9.88 Å². The molecule has 3 N–H and O–H groups in total. The van der Waals surface area contributed by atoms with E-state index in [-0.39, 0.29) is 30.7 Å². The molecule has 0 aliphatic heterocycles. The average Bonchev–Trinajstić information content (AvgIpc) is 2.98. The third-order valence-electron chi connectivity index (χ3n) is 2.94. The number of likely N-dealkylation sites (N-methyl/N-ethyl adjacent to an activating group) is 1. The van der Waals surface area contributed by atoms with Crippen LogP contribution in [-0.2, 0) is 6.54 Å². The first-order chi connectivity index (χ1) is 11.0. The van der Waals surface area contributed by atoms with Crippen LogP contribution >= 0.6 is 47.8 Å². The number of amides is 1. The van der Waals surface area contributed by atoms with Crippen LogP contribution < -0.4 is 15.8 Å². The Kier molecular flexibility index (Phi) is 11.0. The molecule has 10 heteroatoms. The molecule has 0 fully saturated rings. The summed E-state index contributed by atoms with van der Waals surface area (Å²) in [6.45, 7) is 1.66. The molecular weight excluding hydrogens is 407 g/mol. The van der Waals surface area contributed by atoms with E-state index < -0.39 is 0 Å². The lowest BCUT2D eigenvalue weighted by Crippen LogP contribution is -2.19. The minimum Gasteiger partial charge on any atom is -0.491 e. The predicted molar refractivity (Wildman–Crippen MR) is 108 cm³/mol. The molecule has 140 valence electrons. The van der Waals surface area contributed by atoms with Crippen molar-refractivity contribution in [3.8, 4) is 5.75 Å². The Morgan fingerprint density at radius 3 is 2.68 bits per heavy atom. The first-order valence-corrected chi connectivity index (χ1v) is 8.28. The van der Waals surface area contributed by atoms with E-state index in [4.69, 9.17) is 22.1 Å². The molecule has 0 spiro atoms. The smallest absolute Gasteiger partial charge is 0.275 e. The Balaban J connectivity index is 0.00000288. The van der Waals surface area contributed by atoms with Crippen LogP contribution in [0.4, 0.5) is 5.69 Å². The molecule has 0 unspecified atom stereocenters. The molecule has 6 nitrogen and oxygen atoms in total. The van der Waals surface area contributed by atoms with Gasteiger partial charge in [-0.1, -0.05) is 11.6 Å². The summed E-state index contributed by atoms with van der Waals surface area (Å²) >= 11 is 7.54.